The van der Waals surface area contributed by atoms with Crippen LogP contribution in [0.4, 0.5) is 0 Å². The highest BCUT2D eigenvalue weighted by molar-refractivity contribution is 5.96. The molecule has 1 fully saturated rings. The van der Waals surface area contributed by atoms with E-state index in [1.54, 1.807) is 32.8 Å². The zero-order chi connectivity index (χ0) is 23.7. The van der Waals surface area contributed by atoms with Crippen molar-refractivity contribution in [2.75, 3.05) is 19.6 Å². The molecule has 3 heterocycles. The number of carbonyl (C=O) groups is 2. The number of piperazine rings is 1. The minimum absolute atomic E-state index is 0.0898. The summed E-state index contributed by atoms with van der Waals surface area (Å²) in [7, 11) is 0. The number of nitrogens with zero attached hydrogens (tertiary/aromatic N) is 6. The van der Waals surface area contributed by atoms with Crippen LogP contribution in [0.5, 0.6) is 0 Å². The van der Waals surface area contributed by atoms with Gasteiger partial charge in [-0.1, -0.05) is 30.3 Å². The first-order valence-electron chi connectivity index (χ1n) is 11.0. The van der Waals surface area contributed by atoms with E-state index in [9.17, 15) is 9.59 Å². The molecule has 9 nitrogen and oxygen atoms in total. The van der Waals surface area contributed by atoms with E-state index in [4.69, 9.17) is 4.42 Å². The average molecular weight is 457 g/mol. The Labute approximate surface area is 196 Å². The lowest BCUT2D eigenvalue weighted by Crippen LogP contribution is -2.62. The second-order valence-electron chi connectivity index (χ2n) is 8.79. The molecule has 0 N–H and O–H groups in total. The first-order chi connectivity index (χ1) is 16.4. The van der Waals surface area contributed by atoms with E-state index in [0.29, 0.717) is 31.0 Å². The molecule has 4 aromatic rings. The maximum absolute atomic E-state index is 13.3. The van der Waals surface area contributed by atoms with Crippen molar-refractivity contribution in [2.45, 2.75) is 19.4 Å². The maximum Gasteiger partial charge on any atom is 0.294 e. The molecular formula is C25H24N6O3. The van der Waals surface area contributed by atoms with Crippen LogP contribution >= 0.6 is 0 Å². The van der Waals surface area contributed by atoms with E-state index in [1.165, 1.54) is 12.7 Å². The lowest BCUT2D eigenvalue weighted by atomic mass is 9.97. The van der Waals surface area contributed by atoms with Gasteiger partial charge in [0.2, 0.25) is 5.82 Å². The lowest BCUT2D eigenvalue weighted by molar-refractivity contribution is 0.0160. The number of oxazole rings is 1. The molecule has 0 spiro atoms. The second kappa shape index (κ2) is 8.58. The summed E-state index contributed by atoms with van der Waals surface area (Å²) in [4.78, 5) is 38.2. The molecule has 9 heteroatoms. The third kappa shape index (κ3) is 4.07. The van der Waals surface area contributed by atoms with Crippen molar-refractivity contribution < 1.29 is 14.0 Å². The van der Waals surface area contributed by atoms with Gasteiger partial charge in [-0.05, 0) is 38.1 Å². The highest BCUT2D eigenvalue weighted by Crippen LogP contribution is 2.25. The zero-order valence-corrected chi connectivity index (χ0v) is 19.0. The Morgan fingerprint density at radius 2 is 1.82 bits per heavy atom. The van der Waals surface area contributed by atoms with E-state index >= 15 is 0 Å². The van der Waals surface area contributed by atoms with Crippen LogP contribution in [-0.4, -0.2) is 66.5 Å². The van der Waals surface area contributed by atoms with Gasteiger partial charge in [-0.3, -0.25) is 9.59 Å². The molecule has 2 aromatic carbocycles. The number of benzene rings is 2. The minimum atomic E-state index is -0.592. The summed E-state index contributed by atoms with van der Waals surface area (Å²) in [6.07, 6.45) is 4.52. The fourth-order valence-corrected chi connectivity index (χ4v) is 4.24. The average Bonchev–Trinajstić information content (AvgIpc) is 3.56. The Bertz CT molecular complexity index is 1310. The molecule has 172 valence electrons. The number of rotatable bonds is 4. The van der Waals surface area contributed by atoms with Gasteiger partial charge in [0.05, 0.1) is 17.4 Å². The number of amides is 2. The molecule has 0 aliphatic carbocycles. The Balaban J connectivity index is 1.31. The van der Waals surface area contributed by atoms with Crippen molar-refractivity contribution in [1.29, 1.82) is 0 Å². The lowest BCUT2D eigenvalue weighted by Gasteiger charge is -2.46. The van der Waals surface area contributed by atoms with Gasteiger partial charge in [-0.25, -0.2) is 14.6 Å². The van der Waals surface area contributed by atoms with Gasteiger partial charge in [0.1, 0.15) is 6.33 Å². The van der Waals surface area contributed by atoms with E-state index in [-0.39, 0.29) is 17.6 Å². The van der Waals surface area contributed by atoms with E-state index in [1.807, 2.05) is 56.3 Å². The first kappa shape index (κ1) is 21.6. The van der Waals surface area contributed by atoms with Crippen molar-refractivity contribution in [3.63, 3.8) is 0 Å². The fourth-order valence-electron chi connectivity index (χ4n) is 4.24. The van der Waals surface area contributed by atoms with Gasteiger partial charge < -0.3 is 14.2 Å². The number of hydrogen-bond acceptors (Lipinski definition) is 6. The zero-order valence-electron chi connectivity index (χ0n) is 19.0. The number of carbonyl (C=O) groups excluding carboxylic acids is 2. The third-order valence-electron chi connectivity index (χ3n) is 5.96. The molecule has 0 radical (unpaired) electrons. The van der Waals surface area contributed by atoms with E-state index in [0.717, 1.165) is 11.3 Å². The molecule has 5 rings (SSSR count). The van der Waals surface area contributed by atoms with Crippen LogP contribution < -0.4 is 0 Å². The van der Waals surface area contributed by atoms with Crippen molar-refractivity contribution in [3.8, 4) is 17.0 Å². The predicted molar refractivity (Wildman–Crippen MR) is 124 cm³/mol. The number of hydrogen-bond donors (Lipinski definition) is 0. The Morgan fingerprint density at radius 1 is 1.00 bits per heavy atom. The van der Waals surface area contributed by atoms with Gasteiger partial charge in [0.25, 0.3) is 11.8 Å². The molecule has 34 heavy (non-hydrogen) atoms. The van der Waals surface area contributed by atoms with Crippen LogP contribution in [0.3, 0.4) is 0 Å². The van der Waals surface area contributed by atoms with Crippen LogP contribution in [-0.2, 0) is 0 Å². The van der Waals surface area contributed by atoms with Gasteiger partial charge in [0, 0.05) is 30.8 Å². The first-order valence-corrected chi connectivity index (χ1v) is 11.0. The Kier molecular flexibility index (Phi) is 5.45. The summed E-state index contributed by atoms with van der Waals surface area (Å²) in [6.45, 7) is 5.09. The monoisotopic (exact) mass is 456 g/mol. The number of aromatic nitrogens is 4. The molecule has 1 aliphatic heterocycles. The summed E-state index contributed by atoms with van der Waals surface area (Å²) in [5, 5.41) is 4.38. The molecule has 0 atom stereocenters. The van der Waals surface area contributed by atoms with Crippen LogP contribution in [0.15, 0.2) is 77.9 Å². The smallest absolute Gasteiger partial charge is 0.294 e. The minimum Gasteiger partial charge on any atom is -0.444 e. The highest BCUT2D eigenvalue weighted by Gasteiger charge is 2.40. The van der Waals surface area contributed by atoms with Gasteiger partial charge in [-0.15, -0.1) is 5.10 Å². The van der Waals surface area contributed by atoms with Crippen molar-refractivity contribution in [2.24, 2.45) is 0 Å². The van der Waals surface area contributed by atoms with Crippen molar-refractivity contribution in [1.82, 2.24) is 29.5 Å². The summed E-state index contributed by atoms with van der Waals surface area (Å²) in [5.41, 5.74) is 1.59. The standard InChI is InChI=1S/C25H24N6O3/c1-25(2)15-29(23(32)19-8-6-7-18(13-19)21-14-26-17-34-21)11-12-30(25)24(33)22-27-16-31(28-22)20-9-4-3-5-10-20/h3-10,13-14,16-17H,11-12,15H2,1-2H3. The molecule has 2 amide bonds. The molecule has 1 aliphatic rings. The predicted octanol–water partition coefficient (Wildman–Crippen LogP) is 3.30. The quantitative estimate of drug-likeness (QED) is 0.467. The topological polar surface area (TPSA) is 97.4 Å². The van der Waals surface area contributed by atoms with Crippen LogP contribution in [0.25, 0.3) is 17.0 Å². The maximum atomic E-state index is 13.3. The van der Waals surface area contributed by atoms with Crippen LogP contribution in [0.1, 0.15) is 34.8 Å². The van der Waals surface area contributed by atoms with Gasteiger partial charge in [0.15, 0.2) is 12.2 Å². The van der Waals surface area contributed by atoms with E-state index in [2.05, 4.69) is 15.1 Å². The molecule has 0 bridgehead atoms. The summed E-state index contributed by atoms with van der Waals surface area (Å²) in [6, 6.07) is 16.8. The fraction of sp³-hybridized carbons (Fsp3) is 0.240. The summed E-state index contributed by atoms with van der Waals surface area (Å²) in [5.74, 6) is 0.399. The van der Waals surface area contributed by atoms with Gasteiger partial charge in [-0.2, -0.15) is 0 Å². The van der Waals surface area contributed by atoms with Gasteiger partial charge >= 0.3 is 0 Å². The van der Waals surface area contributed by atoms with Crippen molar-refractivity contribution in [3.05, 3.63) is 84.9 Å². The summed E-state index contributed by atoms with van der Waals surface area (Å²) < 4.78 is 6.94. The van der Waals surface area contributed by atoms with E-state index < -0.39 is 5.54 Å². The highest BCUT2D eigenvalue weighted by atomic mass is 16.3. The summed E-state index contributed by atoms with van der Waals surface area (Å²) >= 11 is 0. The Hall–Kier alpha value is -4.27. The number of para-hydroxylation sites is 1. The largest absolute Gasteiger partial charge is 0.444 e. The van der Waals surface area contributed by atoms with Crippen LogP contribution in [0.2, 0.25) is 0 Å². The SMILES string of the molecule is CC1(C)CN(C(=O)c2cccc(-c3cnco3)c2)CCN1C(=O)c1ncn(-c2ccccc2)n1. The van der Waals surface area contributed by atoms with Crippen LogP contribution in [0, 0.1) is 0 Å². The van der Waals surface area contributed by atoms with Crippen molar-refractivity contribution >= 4 is 11.8 Å². The molecule has 0 saturated carbocycles. The normalized spacial score (nSPS) is 15.4. The molecule has 0 unspecified atom stereocenters. The Morgan fingerprint density at radius 3 is 2.56 bits per heavy atom. The molecular weight excluding hydrogens is 432 g/mol. The third-order valence-corrected chi connectivity index (χ3v) is 5.96. The second-order valence-corrected chi connectivity index (χ2v) is 8.79. The molecule has 1 saturated heterocycles. The molecule has 2 aromatic heterocycles.